The molecule has 0 amide bonds. The van der Waals surface area contributed by atoms with Crippen molar-refractivity contribution in [2.45, 2.75) is 12.8 Å². The van der Waals surface area contributed by atoms with Crippen LogP contribution >= 0.6 is 23.2 Å². The number of benzene rings is 2. The molecule has 1 aromatic heterocycles. The van der Waals surface area contributed by atoms with Crippen LogP contribution in [-0.4, -0.2) is 21.5 Å². The summed E-state index contributed by atoms with van der Waals surface area (Å²) in [6.07, 6.45) is -0.468. The van der Waals surface area contributed by atoms with Crippen LogP contribution in [0.2, 0.25) is 10.0 Å². The molecule has 0 radical (unpaired) electrons. The maximum atomic E-state index is 12.7. The van der Waals surface area contributed by atoms with Gasteiger partial charge in [-0.15, -0.1) is 0 Å². The predicted molar refractivity (Wildman–Crippen MR) is 110 cm³/mol. The Morgan fingerprint density at radius 2 is 1.10 bits per heavy atom. The molecule has 0 bridgehead atoms. The fourth-order valence-electron chi connectivity index (χ4n) is 2.81. The highest BCUT2D eigenvalue weighted by atomic mass is 35.5. The van der Waals surface area contributed by atoms with Crippen molar-refractivity contribution in [2.75, 3.05) is 0 Å². The molecule has 0 N–H and O–H groups in total. The van der Waals surface area contributed by atoms with E-state index < -0.39 is 0 Å². The summed E-state index contributed by atoms with van der Waals surface area (Å²) in [6.45, 7) is 0. The Morgan fingerprint density at radius 3 is 1.43 bits per heavy atom. The van der Waals surface area contributed by atoms with Gasteiger partial charge in [0.05, 0.1) is 34.3 Å². The van der Waals surface area contributed by atoms with Crippen LogP contribution in [0.3, 0.4) is 0 Å². The van der Waals surface area contributed by atoms with Crippen molar-refractivity contribution >= 4 is 34.8 Å². The molecular weight excluding hydrogens is 423 g/mol. The quantitative estimate of drug-likeness (QED) is 0.532. The number of carbonyl (C=O) groups excluding carboxylic acids is 2. The minimum absolute atomic E-state index is 0.135. The van der Waals surface area contributed by atoms with Crippen molar-refractivity contribution in [3.63, 3.8) is 0 Å². The van der Waals surface area contributed by atoms with Gasteiger partial charge in [-0.3, -0.25) is 9.59 Å². The summed E-state index contributed by atoms with van der Waals surface area (Å²) in [7, 11) is 0. The third-order valence-electron chi connectivity index (χ3n) is 4.27. The van der Waals surface area contributed by atoms with Gasteiger partial charge in [-0.2, -0.15) is 10.5 Å². The average molecular weight is 435 g/mol. The largest absolute Gasteiger partial charge is 0.294 e. The zero-order valence-corrected chi connectivity index (χ0v) is 16.9. The summed E-state index contributed by atoms with van der Waals surface area (Å²) >= 11 is 12.2. The lowest BCUT2D eigenvalue weighted by Gasteiger charge is -2.10. The number of nitriles is 2. The first kappa shape index (κ1) is 21.1. The van der Waals surface area contributed by atoms with Gasteiger partial charge in [0.15, 0.2) is 23.0 Å². The van der Waals surface area contributed by atoms with Crippen LogP contribution in [0.4, 0.5) is 0 Å². The summed E-state index contributed by atoms with van der Waals surface area (Å²) in [5.41, 5.74) is 0.410. The number of hydrogen-bond donors (Lipinski definition) is 0. The normalized spacial score (nSPS) is 10.1. The van der Waals surface area contributed by atoms with E-state index in [1.54, 1.807) is 60.7 Å². The number of halogens is 2. The second kappa shape index (κ2) is 9.28. The molecule has 0 spiro atoms. The predicted octanol–water partition coefficient (Wildman–Crippen LogP) is 4.38. The lowest BCUT2D eigenvalue weighted by atomic mass is 10.0. The van der Waals surface area contributed by atoms with Crippen molar-refractivity contribution in [2.24, 2.45) is 0 Å². The first-order chi connectivity index (χ1) is 14.4. The molecule has 0 aliphatic heterocycles. The monoisotopic (exact) mass is 434 g/mol. The zero-order chi connectivity index (χ0) is 21.7. The van der Waals surface area contributed by atoms with E-state index in [1.807, 2.05) is 0 Å². The van der Waals surface area contributed by atoms with Gasteiger partial charge in [0.1, 0.15) is 12.1 Å². The second-order valence-corrected chi connectivity index (χ2v) is 7.01. The van der Waals surface area contributed by atoms with E-state index in [9.17, 15) is 20.1 Å². The van der Waals surface area contributed by atoms with Crippen LogP contribution in [0, 0.1) is 22.7 Å². The van der Waals surface area contributed by atoms with E-state index in [2.05, 4.69) is 9.97 Å². The molecule has 0 aliphatic rings. The third-order valence-corrected chi connectivity index (χ3v) is 4.93. The molecule has 3 aromatic rings. The van der Waals surface area contributed by atoms with Gasteiger partial charge in [0.2, 0.25) is 0 Å². The average Bonchev–Trinajstić information content (AvgIpc) is 2.74. The lowest BCUT2D eigenvalue weighted by molar-refractivity contribution is 0.0977. The fraction of sp³-hybridized carbons (Fsp3) is 0.0909. The number of aromatic nitrogens is 2. The molecule has 3 rings (SSSR count). The molecule has 146 valence electrons. The Balaban J connectivity index is 2.01. The van der Waals surface area contributed by atoms with Crippen LogP contribution in [0.5, 0.6) is 0 Å². The van der Waals surface area contributed by atoms with Gasteiger partial charge >= 0.3 is 0 Å². The van der Waals surface area contributed by atoms with Crippen LogP contribution < -0.4 is 0 Å². The molecule has 0 fully saturated rings. The zero-order valence-electron chi connectivity index (χ0n) is 15.4. The van der Waals surface area contributed by atoms with Crippen molar-refractivity contribution in [1.82, 2.24) is 9.97 Å². The van der Waals surface area contributed by atoms with Gasteiger partial charge in [-0.1, -0.05) is 47.5 Å². The standard InChI is InChI=1S/C22H12Cl2N4O2/c23-15-7-3-1-5-13(15)21(29)9-17-18(28-20(12-26)19(11-25)27-17)10-22(30)14-6-2-4-8-16(14)24/h1-8H,9-10H2. The highest BCUT2D eigenvalue weighted by Crippen LogP contribution is 2.21. The van der Waals surface area contributed by atoms with Gasteiger partial charge in [-0.05, 0) is 24.3 Å². The van der Waals surface area contributed by atoms with Crippen molar-refractivity contribution in [3.8, 4) is 12.1 Å². The number of hydrogen-bond acceptors (Lipinski definition) is 6. The first-order valence-corrected chi connectivity index (χ1v) is 9.45. The van der Waals surface area contributed by atoms with Crippen LogP contribution in [0.15, 0.2) is 48.5 Å². The van der Waals surface area contributed by atoms with E-state index in [1.165, 1.54) is 0 Å². The summed E-state index contributed by atoms with van der Waals surface area (Å²) < 4.78 is 0. The molecule has 0 saturated heterocycles. The molecule has 6 nitrogen and oxygen atoms in total. The topological polar surface area (TPSA) is 108 Å². The van der Waals surface area contributed by atoms with Gasteiger partial charge in [0.25, 0.3) is 0 Å². The minimum Gasteiger partial charge on any atom is -0.294 e. The summed E-state index contributed by atoms with van der Waals surface area (Å²) in [5, 5.41) is 19.1. The molecule has 0 aliphatic carbocycles. The van der Waals surface area contributed by atoms with Crippen molar-refractivity contribution < 1.29 is 9.59 Å². The number of carbonyl (C=O) groups is 2. The van der Waals surface area contributed by atoms with E-state index in [0.29, 0.717) is 0 Å². The van der Waals surface area contributed by atoms with E-state index in [0.717, 1.165) is 0 Å². The molecule has 0 saturated carbocycles. The molecular formula is C22H12Cl2N4O2. The van der Waals surface area contributed by atoms with E-state index in [-0.39, 0.29) is 68.4 Å². The molecule has 30 heavy (non-hydrogen) atoms. The highest BCUT2D eigenvalue weighted by Gasteiger charge is 2.21. The number of rotatable bonds is 6. The Kier molecular flexibility index (Phi) is 6.54. The molecule has 0 atom stereocenters. The Hall–Kier alpha value is -3.58. The fourth-order valence-corrected chi connectivity index (χ4v) is 3.30. The molecule has 8 heteroatoms. The summed E-state index contributed by atoms with van der Waals surface area (Å²) in [6, 6.07) is 16.6. The summed E-state index contributed by atoms with van der Waals surface area (Å²) in [5.74, 6) is -0.704. The number of ketones is 2. The van der Waals surface area contributed by atoms with E-state index in [4.69, 9.17) is 23.2 Å². The van der Waals surface area contributed by atoms with E-state index >= 15 is 0 Å². The summed E-state index contributed by atoms with van der Waals surface area (Å²) in [4.78, 5) is 33.8. The Labute approximate surface area is 182 Å². The number of nitrogens with zero attached hydrogens (tertiary/aromatic N) is 4. The molecule has 2 aromatic carbocycles. The van der Waals surface area contributed by atoms with Crippen LogP contribution in [0.1, 0.15) is 43.5 Å². The smallest absolute Gasteiger partial charge is 0.177 e. The molecule has 1 heterocycles. The van der Waals surface area contributed by atoms with Crippen molar-refractivity contribution in [3.05, 3.63) is 92.5 Å². The van der Waals surface area contributed by atoms with Crippen molar-refractivity contribution in [1.29, 1.82) is 10.5 Å². The minimum atomic E-state index is -0.352. The lowest BCUT2D eigenvalue weighted by Crippen LogP contribution is -2.15. The van der Waals surface area contributed by atoms with Crippen LogP contribution in [-0.2, 0) is 12.8 Å². The maximum Gasteiger partial charge on any atom is 0.177 e. The number of Topliss-reactive ketones (excluding diaryl/α,β-unsaturated/α-hetero) is 2. The highest BCUT2D eigenvalue weighted by molar-refractivity contribution is 6.34. The van der Waals surface area contributed by atoms with Gasteiger partial charge in [-0.25, -0.2) is 9.97 Å². The molecule has 0 unspecified atom stereocenters. The van der Waals surface area contributed by atoms with Gasteiger partial charge in [0, 0.05) is 11.1 Å². The Bertz CT molecular complexity index is 1150. The Morgan fingerprint density at radius 1 is 0.733 bits per heavy atom. The first-order valence-electron chi connectivity index (χ1n) is 8.70. The second-order valence-electron chi connectivity index (χ2n) is 6.20. The third kappa shape index (κ3) is 4.52. The SMILES string of the molecule is N#Cc1nc(CC(=O)c2ccccc2Cl)c(CC(=O)c2ccccc2Cl)nc1C#N. The maximum absolute atomic E-state index is 12.7. The van der Waals surface area contributed by atoms with Crippen LogP contribution in [0.25, 0.3) is 0 Å². The van der Waals surface area contributed by atoms with Gasteiger partial charge < -0.3 is 0 Å².